The smallest absolute Gasteiger partial charge is 0.350 e. The molecule has 0 aromatic carbocycles. The molecule has 0 aliphatic carbocycles. The molecular weight excluding hydrogens is 273 g/mol. The summed E-state index contributed by atoms with van der Waals surface area (Å²) in [6, 6.07) is 0. The minimum Gasteiger partial charge on any atom is -0.390 e. The van der Waals surface area contributed by atoms with Gasteiger partial charge in [-0.2, -0.15) is 0 Å². The molecule has 6 N–H and O–H groups in total. The van der Waals surface area contributed by atoms with Gasteiger partial charge in [0.1, 0.15) is 6.35 Å². The number of rotatable bonds is 7. The number of hydrogen-bond acceptors (Lipinski definition) is 5. The predicted octanol–water partition coefficient (Wildman–Crippen LogP) is -0.499. The molecule has 1 rings (SSSR count). The highest BCUT2D eigenvalue weighted by molar-refractivity contribution is 7.51. The lowest BCUT2D eigenvalue weighted by atomic mass is 10.4. The average Bonchev–Trinajstić information content (AvgIpc) is 2.69. The molecule has 10 heteroatoms. The fourth-order valence-electron chi connectivity index (χ4n) is 1.47. The zero-order valence-corrected chi connectivity index (χ0v) is 11.4. The van der Waals surface area contributed by atoms with E-state index in [1.54, 1.807) is 11.5 Å². The first-order valence-electron chi connectivity index (χ1n) is 5.52. The highest BCUT2D eigenvalue weighted by atomic mass is 31.2. The van der Waals surface area contributed by atoms with Crippen molar-refractivity contribution in [3.63, 3.8) is 0 Å². The van der Waals surface area contributed by atoms with Crippen LogP contribution in [-0.4, -0.2) is 38.1 Å². The van der Waals surface area contributed by atoms with Crippen LogP contribution in [0.4, 0.5) is 5.82 Å². The van der Waals surface area contributed by atoms with Gasteiger partial charge in [-0.1, -0.05) is 0 Å². The number of nitrogens with two attached hydrogens (primary N) is 2. The van der Waals surface area contributed by atoms with Crippen LogP contribution >= 0.6 is 7.60 Å². The van der Waals surface area contributed by atoms with Crippen molar-refractivity contribution in [3.05, 3.63) is 12.0 Å². The van der Waals surface area contributed by atoms with Gasteiger partial charge in [0.25, 0.3) is 0 Å². The molecule has 108 valence electrons. The van der Waals surface area contributed by atoms with Crippen molar-refractivity contribution in [3.8, 4) is 0 Å². The van der Waals surface area contributed by atoms with Gasteiger partial charge >= 0.3 is 7.60 Å². The van der Waals surface area contributed by atoms with E-state index in [4.69, 9.17) is 26.0 Å². The molecule has 19 heavy (non-hydrogen) atoms. The van der Waals surface area contributed by atoms with E-state index < -0.39 is 20.0 Å². The molecule has 0 saturated carbocycles. The lowest BCUT2D eigenvalue weighted by Crippen LogP contribution is -2.17. The van der Waals surface area contributed by atoms with Gasteiger partial charge in [-0.15, -0.1) is 0 Å². The Morgan fingerprint density at radius 1 is 1.68 bits per heavy atom. The second kappa shape index (κ2) is 6.78. The Labute approximate surface area is 110 Å². The van der Waals surface area contributed by atoms with Crippen LogP contribution in [0.5, 0.6) is 0 Å². The molecule has 1 aromatic rings. The Bertz CT molecular complexity index is 483. The molecular formula is C9H18N5O4P. The molecule has 0 saturated heterocycles. The van der Waals surface area contributed by atoms with E-state index in [1.165, 1.54) is 6.33 Å². The molecule has 9 nitrogen and oxygen atoms in total. The van der Waals surface area contributed by atoms with E-state index >= 15 is 0 Å². The van der Waals surface area contributed by atoms with E-state index in [9.17, 15) is 4.57 Å². The van der Waals surface area contributed by atoms with Crippen molar-refractivity contribution >= 4 is 19.8 Å². The van der Waals surface area contributed by atoms with Crippen LogP contribution in [0.2, 0.25) is 0 Å². The summed E-state index contributed by atoms with van der Waals surface area (Å²) in [6.45, 7) is 2.24. The summed E-state index contributed by atoms with van der Waals surface area (Å²) in [4.78, 5) is 25.5. The van der Waals surface area contributed by atoms with Gasteiger partial charge in [0.2, 0.25) is 0 Å². The topological polar surface area (TPSA) is 149 Å². The van der Waals surface area contributed by atoms with Crippen LogP contribution in [0.1, 0.15) is 12.6 Å². The fourth-order valence-corrected chi connectivity index (χ4v) is 1.92. The maximum Gasteiger partial charge on any atom is 0.350 e. The van der Waals surface area contributed by atoms with E-state index in [0.717, 1.165) is 6.34 Å². The summed E-state index contributed by atoms with van der Waals surface area (Å²) in [7, 11) is -4.17. The quantitative estimate of drug-likeness (QED) is 0.300. The number of nitrogens with zero attached hydrogens (tertiary/aromatic N) is 3. The van der Waals surface area contributed by atoms with Crippen LogP contribution in [0.15, 0.2) is 11.3 Å². The van der Waals surface area contributed by atoms with Crippen LogP contribution in [0.3, 0.4) is 0 Å². The van der Waals surface area contributed by atoms with E-state index in [2.05, 4.69) is 9.98 Å². The number of aliphatic imine (C=N–C) groups is 1. The molecule has 0 spiro atoms. The zero-order valence-electron chi connectivity index (χ0n) is 10.5. The molecule has 1 heterocycles. The third kappa shape index (κ3) is 5.09. The maximum atomic E-state index is 10.7. The van der Waals surface area contributed by atoms with Gasteiger partial charge in [-0.05, 0) is 6.92 Å². The average molecular weight is 291 g/mol. The normalized spacial score (nSPS) is 14.1. The Balaban J connectivity index is 2.71. The highest BCUT2D eigenvalue weighted by Crippen LogP contribution is 2.34. The van der Waals surface area contributed by atoms with E-state index in [1.807, 2.05) is 0 Å². The van der Waals surface area contributed by atoms with Gasteiger partial charge in [-0.3, -0.25) is 4.57 Å². The Hall–Kier alpha value is -1.25. The van der Waals surface area contributed by atoms with Gasteiger partial charge < -0.3 is 30.6 Å². The van der Waals surface area contributed by atoms with Crippen LogP contribution < -0.4 is 11.5 Å². The van der Waals surface area contributed by atoms with Gasteiger partial charge in [0, 0.05) is 6.54 Å². The fraction of sp³-hybridized carbons (Fsp3) is 0.556. The first kappa shape index (κ1) is 15.8. The van der Waals surface area contributed by atoms with Gasteiger partial charge in [-0.25, -0.2) is 9.98 Å². The SMILES string of the molecule is C[C@H](Cn1cnc(CN)c1N=CN)OCP(=O)(O)O. The van der Waals surface area contributed by atoms with E-state index in [0.29, 0.717) is 18.1 Å². The second-order valence-electron chi connectivity index (χ2n) is 3.92. The molecule has 1 atom stereocenters. The number of ether oxygens (including phenoxy) is 1. The van der Waals surface area contributed by atoms with Crippen molar-refractivity contribution < 1.29 is 19.1 Å². The molecule has 0 aliphatic rings. The minimum absolute atomic E-state index is 0.220. The standard InChI is InChI=1S/C9H18N5O4P/c1-7(18-6-19(15,16)17)3-14-5-13-8(2-10)9(14)12-4-11/h4-5,7H,2-3,6,10H2,1H3,(H2,11,12)(H2,15,16,17)/t7-/m1/s1. The van der Waals surface area contributed by atoms with E-state index in [-0.39, 0.29) is 6.54 Å². The minimum atomic E-state index is -4.17. The third-order valence-electron chi connectivity index (χ3n) is 2.25. The number of imidazole rings is 1. The monoisotopic (exact) mass is 291 g/mol. The Morgan fingerprint density at radius 2 is 2.37 bits per heavy atom. The van der Waals surface area contributed by atoms with Crippen molar-refractivity contribution in [1.82, 2.24) is 9.55 Å². The molecule has 1 aromatic heterocycles. The summed E-state index contributed by atoms with van der Waals surface area (Å²) in [6.07, 6.45) is 1.62. The number of hydrogen-bond donors (Lipinski definition) is 4. The lowest BCUT2D eigenvalue weighted by molar-refractivity contribution is 0.0760. The summed E-state index contributed by atoms with van der Waals surface area (Å²) in [5.74, 6) is 0.511. The van der Waals surface area contributed by atoms with Crippen molar-refractivity contribution in [2.75, 3.05) is 6.35 Å². The summed E-state index contributed by atoms with van der Waals surface area (Å²) < 4.78 is 17.4. The molecule has 0 radical (unpaired) electrons. The van der Waals surface area contributed by atoms with Gasteiger partial charge in [0.05, 0.1) is 31.0 Å². The summed E-state index contributed by atoms with van der Waals surface area (Å²) >= 11 is 0. The molecule has 0 fully saturated rings. The summed E-state index contributed by atoms with van der Waals surface area (Å²) in [5, 5.41) is 0. The Morgan fingerprint density at radius 3 is 2.89 bits per heavy atom. The van der Waals surface area contributed by atoms with Crippen molar-refractivity contribution in [2.24, 2.45) is 16.5 Å². The largest absolute Gasteiger partial charge is 0.390 e. The summed E-state index contributed by atoms with van der Waals surface area (Å²) in [5.41, 5.74) is 11.4. The number of aromatic nitrogens is 2. The predicted molar refractivity (Wildman–Crippen MR) is 69.9 cm³/mol. The molecule has 0 bridgehead atoms. The molecule has 0 amide bonds. The van der Waals surface area contributed by atoms with Crippen molar-refractivity contribution in [2.45, 2.75) is 26.1 Å². The third-order valence-corrected chi connectivity index (χ3v) is 2.74. The van der Waals surface area contributed by atoms with Crippen molar-refractivity contribution in [1.29, 1.82) is 0 Å². The zero-order chi connectivity index (χ0) is 14.5. The Kier molecular flexibility index (Phi) is 5.64. The first-order valence-corrected chi connectivity index (χ1v) is 7.31. The first-order chi connectivity index (χ1) is 8.87. The van der Waals surface area contributed by atoms with Gasteiger partial charge in [0.15, 0.2) is 5.82 Å². The van der Waals surface area contributed by atoms with Crippen LogP contribution in [0.25, 0.3) is 0 Å². The molecule has 0 unspecified atom stereocenters. The molecule has 0 aliphatic heterocycles. The van der Waals surface area contributed by atoms with Crippen LogP contribution in [0, 0.1) is 0 Å². The lowest BCUT2D eigenvalue weighted by Gasteiger charge is -2.15. The highest BCUT2D eigenvalue weighted by Gasteiger charge is 2.17. The second-order valence-corrected chi connectivity index (χ2v) is 5.51. The maximum absolute atomic E-state index is 10.7. The van der Waals surface area contributed by atoms with Crippen LogP contribution in [-0.2, 0) is 22.4 Å².